The van der Waals surface area contributed by atoms with Gasteiger partial charge in [0.2, 0.25) is 0 Å². The fourth-order valence-corrected chi connectivity index (χ4v) is 1.69. The summed E-state index contributed by atoms with van der Waals surface area (Å²) in [6, 6.07) is 3.02. The highest BCUT2D eigenvalue weighted by Gasteiger charge is 2.12. The van der Waals surface area contributed by atoms with Crippen LogP contribution >= 0.6 is 11.6 Å². The number of imidazole rings is 1. The van der Waals surface area contributed by atoms with Crippen LogP contribution in [-0.4, -0.2) is 20.6 Å². The largest absolute Gasteiger partial charge is 0.476 e. The number of carbonyl (C=O) groups is 1. The Bertz CT molecular complexity index is 595. The highest BCUT2D eigenvalue weighted by atomic mass is 35.5. The van der Waals surface area contributed by atoms with Gasteiger partial charge in [0.1, 0.15) is 12.1 Å². The molecule has 0 spiro atoms. The third-order valence-corrected chi connectivity index (χ3v) is 2.68. The van der Waals surface area contributed by atoms with Crippen molar-refractivity contribution < 1.29 is 14.3 Å². The second kappa shape index (κ2) is 4.18. The summed E-state index contributed by atoms with van der Waals surface area (Å²) in [6.07, 6.45) is 2.64. The maximum Gasteiger partial charge on any atom is 0.356 e. The highest BCUT2D eigenvalue weighted by Crippen LogP contribution is 2.23. The van der Waals surface area contributed by atoms with Gasteiger partial charge in [0.05, 0.1) is 10.7 Å². The molecular weight excluding hydrogens is 247 g/mol. The summed E-state index contributed by atoms with van der Waals surface area (Å²) in [5, 5.41) is 8.77. The quantitative estimate of drug-likeness (QED) is 0.896. The van der Waals surface area contributed by atoms with Crippen molar-refractivity contribution in [3.8, 4) is 5.69 Å². The second-order valence-corrected chi connectivity index (χ2v) is 3.88. The summed E-state index contributed by atoms with van der Waals surface area (Å²) in [7, 11) is 0. The van der Waals surface area contributed by atoms with E-state index in [1.807, 2.05) is 0 Å². The average molecular weight is 255 g/mol. The summed E-state index contributed by atoms with van der Waals surface area (Å²) < 4.78 is 15.0. The zero-order valence-corrected chi connectivity index (χ0v) is 9.57. The van der Waals surface area contributed by atoms with Gasteiger partial charge in [0.15, 0.2) is 5.69 Å². The van der Waals surface area contributed by atoms with Crippen molar-refractivity contribution in [1.82, 2.24) is 9.55 Å². The average Bonchev–Trinajstić information content (AvgIpc) is 2.75. The van der Waals surface area contributed by atoms with Gasteiger partial charge in [-0.2, -0.15) is 0 Å². The molecule has 0 aliphatic rings. The minimum Gasteiger partial charge on any atom is -0.476 e. The number of carboxylic acids is 1. The molecule has 6 heteroatoms. The number of rotatable bonds is 2. The Hall–Kier alpha value is -1.88. The van der Waals surface area contributed by atoms with E-state index in [0.29, 0.717) is 11.3 Å². The molecule has 2 aromatic rings. The topological polar surface area (TPSA) is 55.1 Å². The first kappa shape index (κ1) is 11.6. The van der Waals surface area contributed by atoms with Gasteiger partial charge in [-0.3, -0.25) is 0 Å². The van der Waals surface area contributed by atoms with Crippen molar-refractivity contribution in [3.63, 3.8) is 0 Å². The summed E-state index contributed by atoms with van der Waals surface area (Å²) in [4.78, 5) is 14.4. The molecule has 0 saturated carbocycles. The van der Waals surface area contributed by atoms with Crippen LogP contribution in [0.3, 0.4) is 0 Å². The molecule has 0 aliphatic heterocycles. The van der Waals surface area contributed by atoms with E-state index in [4.69, 9.17) is 16.7 Å². The Morgan fingerprint density at radius 3 is 2.82 bits per heavy atom. The van der Waals surface area contributed by atoms with Crippen LogP contribution in [-0.2, 0) is 0 Å². The molecule has 0 atom stereocenters. The van der Waals surface area contributed by atoms with E-state index in [0.717, 1.165) is 0 Å². The molecule has 1 aromatic heterocycles. The lowest BCUT2D eigenvalue weighted by atomic mass is 10.2. The number of benzene rings is 1. The molecule has 1 heterocycles. The van der Waals surface area contributed by atoms with E-state index < -0.39 is 11.8 Å². The number of hydrogen-bond donors (Lipinski definition) is 1. The highest BCUT2D eigenvalue weighted by molar-refractivity contribution is 6.30. The molecule has 0 aliphatic carbocycles. The van der Waals surface area contributed by atoms with Gasteiger partial charge in [-0.05, 0) is 19.1 Å². The molecule has 0 unspecified atom stereocenters. The minimum absolute atomic E-state index is 0.0322. The second-order valence-electron chi connectivity index (χ2n) is 3.48. The Morgan fingerprint density at radius 1 is 1.53 bits per heavy atom. The molecule has 1 aromatic carbocycles. The maximum absolute atomic E-state index is 13.6. The number of aromatic carboxylic acids is 1. The Morgan fingerprint density at radius 2 is 2.24 bits per heavy atom. The normalized spacial score (nSPS) is 10.5. The van der Waals surface area contributed by atoms with E-state index in [-0.39, 0.29) is 10.7 Å². The van der Waals surface area contributed by atoms with Crippen molar-refractivity contribution in [3.05, 3.63) is 46.8 Å². The van der Waals surface area contributed by atoms with Gasteiger partial charge in [-0.15, -0.1) is 0 Å². The van der Waals surface area contributed by atoms with Crippen molar-refractivity contribution in [2.45, 2.75) is 6.92 Å². The smallest absolute Gasteiger partial charge is 0.356 e. The van der Waals surface area contributed by atoms with Gasteiger partial charge in [0, 0.05) is 11.8 Å². The molecule has 17 heavy (non-hydrogen) atoms. The first-order valence-corrected chi connectivity index (χ1v) is 5.10. The van der Waals surface area contributed by atoms with Crippen LogP contribution < -0.4 is 0 Å². The van der Waals surface area contributed by atoms with Gasteiger partial charge in [-0.25, -0.2) is 14.2 Å². The Kier molecular flexibility index (Phi) is 2.85. The lowest BCUT2D eigenvalue weighted by molar-refractivity contribution is 0.0691. The number of carboxylic acid groups (broad SMARTS) is 1. The van der Waals surface area contributed by atoms with Crippen LogP contribution in [0.1, 0.15) is 16.1 Å². The molecule has 0 saturated heterocycles. The molecule has 1 N–H and O–H groups in total. The number of nitrogens with zero attached hydrogens (tertiary/aromatic N) is 2. The van der Waals surface area contributed by atoms with Crippen LogP contribution in [0.15, 0.2) is 24.7 Å². The Labute approximate surface area is 101 Å². The summed E-state index contributed by atoms with van der Waals surface area (Å²) >= 11 is 5.64. The lowest BCUT2D eigenvalue weighted by Gasteiger charge is -2.08. The molecule has 2 rings (SSSR count). The first-order chi connectivity index (χ1) is 8.00. The minimum atomic E-state index is -1.13. The van der Waals surface area contributed by atoms with E-state index in [9.17, 15) is 9.18 Å². The molecule has 0 fully saturated rings. The number of aromatic nitrogens is 2. The van der Waals surface area contributed by atoms with Crippen LogP contribution in [0.5, 0.6) is 0 Å². The molecule has 0 radical (unpaired) electrons. The third-order valence-electron chi connectivity index (χ3n) is 2.39. The molecule has 4 nitrogen and oxygen atoms in total. The number of halogens is 2. The van der Waals surface area contributed by atoms with Crippen LogP contribution in [0, 0.1) is 12.7 Å². The van der Waals surface area contributed by atoms with Crippen molar-refractivity contribution in [2.75, 3.05) is 0 Å². The molecule has 0 bridgehead atoms. The van der Waals surface area contributed by atoms with Gasteiger partial charge < -0.3 is 9.67 Å². The standard InChI is InChI=1S/C11H8ClFN2O2/c1-6-9(3-2-7(12)10(6)13)15-4-8(11(16)17)14-5-15/h2-5H,1H3,(H,16,17). The van der Waals surface area contributed by atoms with Crippen LogP contribution in [0.2, 0.25) is 5.02 Å². The third kappa shape index (κ3) is 2.01. The van der Waals surface area contributed by atoms with E-state index in [1.165, 1.54) is 23.2 Å². The predicted molar refractivity (Wildman–Crippen MR) is 60.2 cm³/mol. The maximum atomic E-state index is 13.6. The van der Waals surface area contributed by atoms with Crippen molar-refractivity contribution in [2.24, 2.45) is 0 Å². The predicted octanol–water partition coefficient (Wildman–Crippen LogP) is 2.67. The summed E-state index contributed by atoms with van der Waals surface area (Å²) in [6.45, 7) is 1.57. The zero-order chi connectivity index (χ0) is 12.6. The first-order valence-electron chi connectivity index (χ1n) is 4.73. The summed E-state index contributed by atoms with van der Waals surface area (Å²) in [5.74, 6) is -1.65. The monoisotopic (exact) mass is 254 g/mol. The van der Waals surface area contributed by atoms with Crippen molar-refractivity contribution in [1.29, 1.82) is 0 Å². The lowest BCUT2D eigenvalue weighted by Crippen LogP contribution is -1.98. The molecular formula is C11H8ClFN2O2. The number of hydrogen-bond acceptors (Lipinski definition) is 2. The van der Waals surface area contributed by atoms with E-state index in [2.05, 4.69) is 4.98 Å². The van der Waals surface area contributed by atoms with E-state index in [1.54, 1.807) is 13.0 Å². The van der Waals surface area contributed by atoms with Gasteiger partial charge in [0.25, 0.3) is 0 Å². The SMILES string of the molecule is Cc1c(-n2cnc(C(=O)O)c2)ccc(Cl)c1F. The van der Waals surface area contributed by atoms with Crippen LogP contribution in [0.25, 0.3) is 5.69 Å². The van der Waals surface area contributed by atoms with Gasteiger partial charge in [-0.1, -0.05) is 11.6 Å². The van der Waals surface area contributed by atoms with Gasteiger partial charge >= 0.3 is 5.97 Å². The fourth-order valence-electron chi connectivity index (χ4n) is 1.49. The summed E-state index contributed by atoms with van der Waals surface area (Å²) in [5.41, 5.74) is 0.749. The molecule has 0 amide bonds. The van der Waals surface area contributed by atoms with E-state index >= 15 is 0 Å². The fraction of sp³-hybridized carbons (Fsp3) is 0.0909. The van der Waals surface area contributed by atoms with Crippen LogP contribution in [0.4, 0.5) is 4.39 Å². The van der Waals surface area contributed by atoms with Crippen molar-refractivity contribution >= 4 is 17.6 Å². The molecule has 88 valence electrons. The zero-order valence-electron chi connectivity index (χ0n) is 8.82. The Balaban J connectivity index is 2.53.